The lowest BCUT2D eigenvalue weighted by Crippen LogP contribution is -2.45. The predicted molar refractivity (Wildman–Crippen MR) is 389 cm³/mol. The average Bonchev–Trinajstić information content (AvgIpc) is 3.58. The summed E-state index contributed by atoms with van der Waals surface area (Å²) in [5.74, 6) is -0.0405. The van der Waals surface area contributed by atoms with Crippen LogP contribution in [-0.2, 0) is 14.3 Å². The first-order chi connectivity index (χ1) is 43.5. The Morgan fingerprint density at radius 1 is 0.318 bits per heavy atom. The van der Waals surface area contributed by atoms with Crippen molar-refractivity contribution in [2.45, 2.75) is 463 Å². The Morgan fingerprint density at radius 3 is 0.864 bits per heavy atom. The van der Waals surface area contributed by atoms with Crippen LogP contribution in [0.25, 0.3) is 0 Å². The lowest BCUT2D eigenvalue weighted by atomic mass is 10.0. The molecule has 520 valence electrons. The van der Waals surface area contributed by atoms with Gasteiger partial charge in [-0.05, 0) is 64.2 Å². The van der Waals surface area contributed by atoms with Crippen molar-refractivity contribution in [3.05, 3.63) is 36.5 Å². The van der Waals surface area contributed by atoms with E-state index in [0.717, 1.165) is 44.9 Å². The van der Waals surface area contributed by atoms with Crippen LogP contribution in [0.15, 0.2) is 36.5 Å². The van der Waals surface area contributed by atoms with Gasteiger partial charge in [0.15, 0.2) is 0 Å². The normalized spacial score (nSPS) is 12.6. The molecule has 0 aromatic carbocycles. The van der Waals surface area contributed by atoms with Crippen LogP contribution in [-0.4, -0.2) is 47.4 Å². The monoisotopic (exact) mass is 1240 g/mol. The Hall–Kier alpha value is -1.92. The van der Waals surface area contributed by atoms with Crippen molar-refractivity contribution in [1.29, 1.82) is 0 Å². The van der Waals surface area contributed by atoms with E-state index in [4.69, 9.17) is 4.74 Å². The SMILES string of the molecule is CCCCCCCCCCCCCCCCCCCC/C=C/C(O)C(CO)NC(=O)CCCCCCCCCCCCCCCCCCC/C=C\C/C=C\CCCCCCCCCCCCCOC(=O)CCCCCCCCCCCCCCCCCC. The summed E-state index contributed by atoms with van der Waals surface area (Å²) in [6, 6.07) is -0.627. The van der Waals surface area contributed by atoms with Crippen molar-refractivity contribution >= 4 is 11.9 Å². The van der Waals surface area contributed by atoms with E-state index in [1.165, 1.54) is 379 Å². The van der Waals surface area contributed by atoms with Gasteiger partial charge in [0.2, 0.25) is 5.91 Å². The Morgan fingerprint density at radius 2 is 0.568 bits per heavy atom. The van der Waals surface area contributed by atoms with E-state index in [1.807, 2.05) is 6.08 Å². The first kappa shape index (κ1) is 86.1. The summed E-state index contributed by atoms with van der Waals surface area (Å²) in [5.41, 5.74) is 0. The van der Waals surface area contributed by atoms with Crippen LogP contribution in [0.4, 0.5) is 0 Å². The lowest BCUT2D eigenvalue weighted by Gasteiger charge is -2.20. The fraction of sp³-hybridized carbons (Fsp3) is 0.902. The molecule has 0 spiro atoms. The number of carbonyl (C=O) groups excluding carboxylic acids is 2. The molecule has 0 saturated heterocycles. The molecule has 0 fully saturated rings. The zero-order valence-electron chi connectivity index (χ0n) is 59.7. The molecule has 88 heavy (non-hydrogen) atoms. The smallest absolute Gasteiger partial charge is 0.305 e. The molecule has 0 aromatic rings. The van der Waals surface area contributed by atoms with Crippen LogP contribution in [0.5, 0.6) is 0 Å². The molecule has 0 bridgehead atoms. The number of aliphatic hydroxyl groups is 2. The van der Waals surface area contributed by atoms with Crippen LogP contribution >= 0.6 is 0 Å². The Kier molecular flexibility index (Phi) is 75.8. The van der Waals surface area contributed by atoms with E-state index >= 15 is 0 Å². The van der Waals surface area contributed by atoms with Gasteiger partial charge < -0.3 is 20.3 Å². The molecule has 1 amide bonds. The minimum absolute atomic E-state index is 0.0208. The molecule has 0 aromatic heterocycles. The van der Waals surface area contributed by atoms with Crippen LogP contribution in [0.1, 0.15) is 450 Å². The third-order valence-corrected chi connectivity index (χ3v) is 18.9. The number of nitrogens with one attached hydrogen (secondary N) is 1. The van der Waals surface area contributed by atoms with Gasteiger partial charge in [0.25, 0.3) is 0 Å². The van der Waals surface area contributed by atoms with E-state index in [0.29, 0.717) is 19.4 Å². The minimum atomic E-state index is -0.844. The van der Waals surface area contributed by atoms with E-state index in [2.05, 4.69) is 43.5 Å². The number of hydrogen-bond acceptors (Lipinski definition) is 5. The number of rotatable bonds is 76. The van der Waals surface area contributed by atoms with Crippen molar-refractivity contribution in [3.63, 3.8) is 0 Å². The summed E-state index contributed by atoms with van der Waals surface area (Å²) in [6.45, 7) is 4.96. The van der Waals surface area contributed by atoms with Gasteiger partial charge in [-0.1, -0.05) is 410 Å². The maximum Gasteiger partial charge on any atom is 0.305 e. The standard InChI is InChI=1S/C82H157NO5/c1-3-5-7-9-11-13-15-17-19-21-22-40-43-46-50-54-58-62-66-70-74-80(85)79(78-84)83-81(86)75-71-67-63-59-55-51-47-44-41-38-36-34-32-30-28-26-24-23-25-27-29-31-33-35-37-39-42-45-49-53-57-61-65-69-73-77-88-82(87)76-72-68-64-60-56-52-48-20-18-16-14-12-10-8-6-4-2/h25,27,31,33,70,74,79-80,84-85H,3-24,26,28-30,32,34-69,71-73,75-78H2,1-2H3,(H,83,86)/b27-25-,33-31-,74-70+. The molecule has 0 aliphatic rings. The highest BCUT2D eigenvalue weighted by molar-refractivity contribution is 5.76. The van der Waals surface area contributed by atoms with Crippen molar-refractivity contribution in [1.82, 2.24) is 5.32 Å². The number of allylic oxidation sites excluding steroid dienone is 5. The summed E-state index contributed by atoms with van der Waals surface area (Å²) in [7, 11) is 0. The summed E-state index contributed by atoms with van der Waals surface area (Å²) in [4.78, 5) is 24.6. The molecule has 0 aliphatic carbocycles. The molecule has 0 aliphatic heterocycles. The van der Waals surface area contributed by atoms with Gasteiger partial charge in [-0.25, -0.2) is 0 Å². The molecule has 0 radical (unpaired) electrons. The van der Waals surface area contributed by atoms with E-state index < -0.39 is 12.1 Å². The number of esters is 1. The summed E-state index contributed by atoms with van der Waals surface area (Å²) < 4.78 is 5.51. The molecule has 3 N–H and O–H groups in total. The third-order valence-electron chi connectivity index (χ3n) is 18.9. The number of hydrogen-bond donors (Lipinski definition) is 3. The van der Waals surface area contributed by atoms with Crippen LogP contribution < -0.4 is 5.32 Å². The fourth-order valence-corrected chi connectivity index (χ4v) is 12.8. The van der Waals surface area contributed by atoms with Crippen molar-refractivity contribution in [2.24, 2.45) is 0 Å². The van der Waals surface area contributed by atoms with Crippen molar-refractivity contribution in [3.8, 4) is 0 Å². The first-order valence-electron chi connectivity index (χ1n) is 40.3. The van der Waals surface area contributed by atoms with Crippen LogP contribution in [0.3, 0.4) is 0 Å². The summed E-state index contributed by atoms with van der Waals surface area (Å²) >= 11 is 0. The number of unbranched alkanes of at least 4 members (excludes halogenated alkanes) is 61. The molecular weight excluding hydrogens is 1080 g/mol. The van der Waals surface area contributed by atoms with E-state index in [9.17, 15) is 19.8 Å². The molecule has 2 unspecified atom stereocenters. The van der Waals surface area contributed by atoms with Gasteiger partial charge >= 0.3 is 5.97 Å². The first-order valence-corrected chi connectivity index (χ1v) is 40.3. The fourth-order valence-electron chi connectivity index (χ4n) is 12.8. The number of carbonyl (C=O) groups is 2. The topological polar surface area (TPSA) is 95.9 Å². The van der Waals surface area contributed by atoms with Crippen molar-refractivity contribution in [2.75, 3.05) is 13.2 Å². The Bertz CT molecular complexity index is 1430. The second-order valence-electron chi connectivity index (χ2n) is 27.8. The second kappa shape index (κ2) is 77.5. The molecule has 0 heterocycles. The van der Waals surface area contributed by atoms with Crippen molar-refractivity contribution < 1.29 is 24.5 Å². The van der Waals surface area contributed by atoms with E-state index in [-0.39, 0.29) is 18.5 Å². The summed E-state index contributed by atoms with van der Waals surface area (Å²) in [6.07, 6.45) is 101. The van der Waals surface area contributed by atoms with Crippen LogP contribution in [0, 0.1) is 0 Å². The quantitative estimate of drug-likeness (QED) is 0.0320. The number of aliphatic hydroxyl groups excluding tert-OH is 2. The second-order valence-corrected chi connectivity index (χ2v) is 27.8. The maximum absolute atomic E-state index is 12.5. The van der Waals surface area contributed by atoms with Gasteiger partial charge in [-0.2, -0.15) is 0 Å². The Balaban J connectivity index is 3.38. The highest BCUT2D eigenvalue weighted by Gasteiger charge is 2.18. The Labute approximate surface area is 551 Å². The van der Waals surface area contributed by atoms with Gasteiger partial charge in [0.05, 0.1) is 25.4 Å². The van der Waals surface area contributed by atoms with E-state index in [1.54, 1.807) is 6.08 Å². The summed E-state index contributed by atoms with van der Waals surface area (Å²) in [5, 5.41) is 23.3. The molecule has 2 atom stereocenters. The third kappa shape index (κ3) is 73.1. The van der Waals surface area contributed by atoms with Gasteiger partial charge in [0.1, 0.15) is 0 Å². The predicted octanol–water partition coefficient (Wildman–Crippen LogP) is 26.6. The zero-order valence-corrected chi connectivity index (χ0v) is 59.7. The maximum atomic E-state index is 12.5. The highest BCUT2D eigenvalue weighted by atomic mass is 16.5. The molecular formula is C82H157NO5. The molecule has 0 saturated carbocycles. The van der Waals surface area contributed by atoms with Crippen LogP contribution in [0.2, 0.25) is 0 Å². The van der Waals surface area contributed by atoms with Gasteiger partial charge in [0, 0.05) is 12.8 Å². The van der Waals surface area contributed by atoms with Gasteiger partial charge in [-0.3, -0.25) is 9.59 Å². The number of ether oxygens (including phenoxy) is 1. The zero-order chi connectivity index (χ0) is 63.5. The highest BCUT2D eigenvalue weighted by Crippen LogP contribution is 2.20. The molecule has 6 nitrogen and oxygen atoms in total. The van der Waals surface area contributed by atoms with Gasteiger partial charge in [-0.15, -0.1) is 0 Å². The molecule has 0 rings (SSSR count). The largest absolute Gasteiger partial charge is 0.466 e. The minimum Gasteiger partial charge on any atom is -0.466 e. The molecule has 6 heteroatoms. The number of amides is 1. The average molecular weight is 1240 g/mol. The lowest BCUT2D eigenvalue weighted by molar-refractivity contribution is -0.143.